The molecular weight excluding hydrogens is 406 g/mol. The van der Waals surface area contributed by atoms with Gasteiger partial charge >= 0.3 is 171 Å². The molecule has 0 radical (unpaired) electrons. The van der Waals surface area contributed by atoms with Gasteiger partial charge in [0.1, 0.15) is 0 Å². The van der Waals surface area contributed by atoms with Crippen molar-refractivity contribution in [2.45, 2.75) is 0 Å². The minimum atomic E-state index is -1.35. The van der Waals surface area contributed by atoms with Crippen molar-refractivity contribution in [1.82, 2.24) is 3.98 Å². The van der Waals surface area contributed by atoms with Crippen LogP contribution < -0.4 is 19.9 Å². The second-order valence-electron chi connectivity index (χ2n) is 7.04. The Hall–Kier alpha value is -2.94. The van der Waals surface area contributed by atoms with Crippen LogP contribution in [0.5, 0.6) is 0 Å². The molecule has 4 heteroatoms. The summed E-state index contributed by atoms with van der Waals surface area (Å²) in [5.41, 5.74) is 6.26. The summed E-state index contributed by atoms with van der Waals surface area (Å²) in [6, 6.07) is 41.2. The molecule has 0 N–H and O–H groups in total. The van der Waals surface area contributed by atoms with Crippen molar-refractivity contribution in [3.63, 3.8) is 0 Å². The maximum absolute atomic E-state index is 4.93. The van der Waals surface area contributed by atoms with E-state index in [0.717, 1.165) is 5.52 Å². The Bertz CT molecular complexity index is 1110. The van der Waals surface area contributed by atoms with Crippen LogP contribution in [0.15, 0.2) is 115 Å². The van der Waals surface area contributed by atoms with Crippen LogP contribution in [-0.2, 0) is 0 Å². The third-order valence-electron chi connectivity index (χ3n) is 5.54. The molecule has 0 bridgehead atoms. The molecule has 2 nitrogen and oxygen atoms in total. The molecule has 0 saturated heterocycles. The summed E-state index contributed by atoms with van der Waals surface area (Å²) in [7, 11) is 0. The number of rotatable bonds is 4. The molecule has 0 atom stereocenters. The molecule has 0 amide bonds. The molecule has 28 heavy (non-hydrogen) atoms. The maximum atomic E-state index is 4.93. The Morgan fingerprint density at radius 1 is 0.536 bits per heavy atom. The molecule has 0 aliphatic rings. The summed E-state index contributed by atoms with van der Waals surface area (Å²) in [5, 5.41) is 0. The van der Waals surface area contributed by atoms with E-state index in [2.05, 4.69) is 119 Å². The van der Waals surface area contributed by atoms with E-state index < -0.39 is 6.28 Å². The van der Waals surface area contributed by atoms with Crippen molar-refractivity contribution in [2.24, 2.45) is 0 Å². The van der Waals surface area contributed by atoms with Gasteiger partial charge in [-0.15, -0.1) is 0 Å². The van der Waals surface area contributed by atoms with E-state index in [1.807, 2.05) is 0 Å². The van der Waals surface area contributed by atoms with E-state index in [0.29, 0.717) is 0 Å². The number of aromatic nitrogens is 2. The molecule has 0 unspecified atom stereocenters. The number of nitrogens with zero attached hydrogens (tertiary/aromatic N) is 2. The van der Waals surface area contributed by atoms with Crippen LogP contribution in [0.1, 0.15) is 0 Å². The summed E-state index contributed by atoms with van der Waals surface area (Å²) in [5.74, 6) is 0. The van der Waals surface area contributed by atoms with Gasteiger partial charge in [-0.3, -0.25) is 0 Å². The van der Waals surface area contributed by atoms with Crippen molar-refractivity contribution in [3.05, 3.63) is 115 Å². The molecule has 134 valence electrons. The van der Waals surface area contributed by atoms with E-state index in [4.69, 9.17) is 3.98 Å². The van der Waals surface area contributed by atoms with Gasteiger partial charge in [0.2, 0.25) is 0 Å². The zero-order chi connectivity index (χ0) is 18.8. The van der Waals surface area contributed by atoms with Crippen LogP contribution in [0.3, 0.4) is 0 Å². The normalized spacial score (nSPS) is 11.6. The summed E-state index contributed by atoms with van der Waals surface area (Å²) in [4.78, 5) is 0. The predicted molar refractivity (Wildman–Crippen MR) is 118 cm³/mol. The third-order valence-corrected chi connectivity index (χ3v) is 7.57. The van der Waals surface area contributed by atoms with Gasteiger partial charge in [0.05, 0.1) is 0 Å². The molecular formula is C24H19BN2Se. The van der Waals surface area contributed by atoms with E-state index >= 15 is 0 Å². The average Bonchev–Trinajstić information content (AvgIpc) is 3.21. The quantitative estimate of drug-likeness (QED) is 0.403. The van der Waals surface area contributed by atoms with Crippen LogP contribution >= 0.6 is 0 Å². The van der Waals surface area contributed by atoms with Crippen molar-refractivity contribution < 1.29 is 3.47 Å². The van der Waals surface area contributed by atoms with Gasteiger partial charge in [0.15, 0.2) is 0 Å². The fourth-order valence-corrected chi connectivity index (χ4v) is 6.58. The van der Waals surface area contributed by atoms with Gasteiger partial charge in [-0.1, -0.05) is 0 Å². The molecule has 1 heterocycles. The molecule has 0 spiro atoms. The molecule has 0 fully saturated rings. The molecule has 5 rings (SSSR count). The van der Waals surface area contributed by atoms with Gasteiger partial charge < -0.3 is 0 Å². The summed E-state index contributed by atoms with van der Waals surface area (Å²) in [6.07, 6.45) is -1.35. The first-order valence-electron chi connectivity index (χ1n) is 9.50. The van der Waals surface area contributed by atoms with Gasteiger partial charge in [-0.25, -0.2) is 0 Å². The monoisotopic (exact) mass is 426 g/mol. The Morgan fingerprint density at radius 2 is 0.964 bits per heavy atom. The molecule has 0 saturated carbocycles. The Labute approximate surface area is 171 Å². The number of hydrogen-bond acceptors (Lipinski definition) is 1. The number of benzene rings is 4. The fourth-order valence-electron chi connectivity index (χ4n) is 4.32. The van der Waals surface area contributed by atoms with Gasteiger partial charge in [0, 0.05) is 0 Å². The van der Waals surface area contributed by atoms with Crippen molar-refractivity contribution in [1.29, 1.82) is 0 Å². The first kappa shape index (κ1) is 17.2. The summed E-state index contributed by atoms with van der Waals surface area (Å²) >= 11 is -0.0226. The second-order valence-corrected chi connectivity index (χ2v) is 8.59. The van der Waals surface area contributed by atoms with Crippen molar-refractivity contribution in [2.75, 3.05) is 0 Å². The van der Waals surface area contributed by atoms with Crippen molar-refractivity contribution >= 4 is 48.7 Å². The molecule has 5 aromatic rings. The number of hydrogen-bond donors (Lipinski definition) is 0. The predicted octanol–water partition coefficient (Wildman–Crippen LogP) is 2.09. The van der Waals surface area contributed by atoms with Crippen LogP contribution in [0.4, 0.5) is 0 Å². The topological polar surface area (TPSA) is 16.8 Å². The van der Waals surface area contributed by atoms with Gasteiger partial charge in [0.25, 0.3) is 0 Å². The Balaban J connectivity index is 1.96. The zero-order valence-electron chi connectivity index (χ0n) is 15.3. The summed E-state index contributed by atoms with van der Waals surface area (Å²) < 4.78 is 7.49. The second kappa shape index (κ2) is 7.23. The molecule has 0 aliphatic heterocycles. The average molecular weight is 425 g/mol. The van der Waals surface area contributed by atoms with Crippen LogP contribution in [0.2, 0.25) is 0 Å². The third kappa shape index (κ3) is 2.65. The van der Waals surface area contributed by atoms with E-state index in [1.54, 1.807) is 0 Å². The molecule has 4 aromatic carbocycles. The Morgan fingerprint density at radius 3 is 1.46 bits per heavy atom. The Kier molecular flexibility index (Phi) is 4.44. The summed E-state index contributed by atoms with van der Waals surface area (Å²) in [6.45, 7) is 0. The van der Waals surface area contributed by atoms with Crippen LogP contribution in [-0.4, -0.2) is 25.2 Å². The minimum absolute atomic E-state index is 0.0226. The molecule has 1 aromatic heterocycles. The van der Waals surface area contributed by atoms with Crippen LogP contribution in [0.25, 0.3) is 11.0 Å². The number of para-hydroxylation sites is 1. The first-order valence-corrected chi connectivity index (χ1v) is 11.0. The number of fused-ring (bicyclic) bond motifs is 1. The van der Waals surface area contributed by atoms with Crippen molar-refractivity contribution in [3.8, 4) is 0 Å². The van der Waals surface area contributed by atoms with Crippen LogP contribution in [0, 0.1) is 0 Å². The van der Waals surface area contributed by atoms with E-state index in [9.17, 15) is 0 Å². The fraction of sp³-hybridized carbons (Fsp3) is 0. The van der Waals surface area contributed by atoms with Gasteiger partial charge in [-0.2, -0.15) is 0 Å². The zero-order valence-corrected chi connectivity index (χ0v) is 17.1. The van der Waals surface area contributed by atoms with E-state index in [-0.39, 0.29) is 15.0 Å². The SMILES string of the molecule is c1ccc([B-](c2ccccc2)(c2ccccc2)[n+]2[se]nc3ccccc32)cc1. The first-order chi connectivity index (χ1) is 13.9. The van der Waals surface area contributed by atoms with Gasteiger partial charge in [-0.05, 0) is 0 Å². The molecule has 0 aliphatic carbocycles. The van der Waals surface area contributed by atoms with E-state index in [1.165, 1.54) is 21.9 Å². The standard InChI is InChI=1S/C24H19BN2Se/c1-4-12-20(13-5-1)25(21-14-6-2-7-15-21,22-16-8-3-9-17-22)27-24-19-11-10-18-23(24)26-28-27/h1-19H.